The molecule has 0 bridgehead atoms. The van der Waals surface area contributed by atoms with Crippen molar-refractivity contribution in [3.8, 4) is 0 Å². The van der Waals surface area contributed by atoms with Crippen LogP contribution in [-0.2, 0) is 11.8 Å². The summed E-state index contributed by atoms with van der Waals surface area (Å²) in [5.41, 5.74) is 0.692. The van der Waals surface area contributed by atoms with Crippen LogP contribution in [0.1, 0.15) is 60.3 Å². The van der Waals surface area contributed by atoms with E-state index in [4.69, 9.17) is 0 Å². The van der Waals surface area contributed by atoms with Gasteiger partial charge in [0.2, 0.25) is 0 Å². The Hall–Kier alpha value is -1.69. The van der Waals surface area contributed by atoms with Crippen molar-refractivity contribution in [2.45, 2.75) is 58.0 Å². The minimum absolute atomic E-state index is 0.135. The molecule has 0 radical (unpaired) electrons. The lowest BCUT2D eigenvalue weighted by atomic mass is 9.94. The lowest BCUT2D eigenvalue weighted by molar-refractivity contribution is -0.118. The van der Waals surface area contributed by atoms with Crippen LogP contribution in [0.5, 0.6) is 0 Å². The third-order valence-electron chi connectivity index (χ3n) is 4.55. The Kier molecular flexibility index (Phi) is 5.01. The fourth-order valence-electron chi connectivity index (χ4n) is 3.10. The maximum atomic E-state index is 12.3. The zero-order valence-electron chi connectivity index (χ0n) is 13.6. The molecule has 2 N–H and O–H groups in total. The number of hydrogen-bond acceptors (Lipinski definition) is 4. The smallest absolute Gasteiger partial charge is 0.292 e. The first-order valence-electron chi connectivity index (χ1n) is 7.89. The Balaban J connectivity index is 2.01. The van der Waals surface area contributed by atoms with Gasteiger partial charge in [-0.2, -0.15) is 5.10 Å². The van der Waals surface area contributed by atoms with Gasteiger partial charge in [-0.25, -0.2) is 0 Å². The molecule has 6 nitrogen and oxygen atoms in total. The third-order valence-corrected chi connectivity index (χ3v) is 4.55. The van der Waals surface area contributed by atoms with Crippen molar-refractivity contribution in [2.75, 3.05) is 6.54 Å². The van der Waals surface area contributed by atoms with Crippen molar-refractivity contribution in [2.24, 2.45) is 7.05 Å². The van der Waals surface area contributed by atoms with E-state index in [0.29, 0.717) is 29.8 Å². The quantitative estimate of drug-likeness (QED) is 0.500. The van der Waals surface area contributed by atoms with Crippen molar-refractivity contribution in [3.05, 3.63) is 17.0 Å². The SMILES string of the molecule is Cc1nn(C)c(C)c1C(=O)C(=O)NCC1(O)CCCCCC1. The lowest BCUT2D eigenvalue weighted by Gasteiger charge is -2.26. The summed E-state index contributed by atoms with van der Waals surface area (Å²) in [6.07, 6.45) is 5.49. The van der Waals surface area contributed by atoms with Crippen LogP contribution in [-0.4, -0.2) is 38.7 Å². The highest BCUT2D eigenvalue weighted by Crippen LogP contribution is 2.26. The molecule has 6 heteroatoms. The van der Waals surface area contributed by atoms with Gasteiger partial charge in [0.25, 0.3) is 11.7 Å². The van der Waals surface area contributed by atoms with Crippen molar-refractivity contribution in [3.63, 3.8) is 0 Å². The van der Waals surface area contributed by atoms with E-state index in [1.54, 1.807) is 25.6 Å². The second-order valence-corrected chi connectivity index (χ2v) is 6.32. The minimum atomic E-state index is -0.883. The molecule has 0 aliphatic heterocycles. The fourth-order valence-corrected chi connectivity index (χ4v) is 3.10. The van der Waals surface area contributed by atoms with E-state index in [2.05, 4.69) is 10.4 Å². The molecule has 1 aliphatic carbocycles. The number of hydrogen-bond donors (Lipinski definition) is 2. The number of carbonyl (C=O) groups is 2. The van der Waals surface area contributed by atoms with Crippen molar-refractivity contribution >= 4 is 11.7 Å². The second-order valence-electron chi connectivity index (χ2n) is 6.32. The second kappa shape index (κ2) is 6.60. The number of Topliss-reactive ketones (excluding diaryl/α,β-unsaturated/α-hetero) is 1. The van der Waals surface area contributed by atoms with Crippen LogP contribution in [0, 0.1) is 13.8 Å². The van der Waals surface area contributed by atoms with Gasteiger partial charge in [-0.15, -0.1) is 0 Å². The first-order chi connectivity index (χ1) is 10.3. The molecule has 122 valence electrons. The van der Waals surface area contributed by atoms with Crippen LogP contribution in [0.3, 0.4) is 0 Å². The maximum absolute atomic E-state index is 12.3. The molecule has 1 aromatic heterocycles. The number of amides is 1. The van der Waals surface area contributed by atoms with E-state index in [1.165, 1.54) is 0 Å². The highest BCUT2D eigenvalue weighted by atomic mass is 16.3. The van der Waals surface area contributed by atoms with Crippen LogP contribution in [0.4, 0.5) is 0 Å². The Morgan fingerprint density at radius 3 is 2.32 bits per heavy atom. The number of nitrogens with zero attached hydrogens (tertiary/aromatic N) is 2. The summed E-state index contributed by atoms with van der Waals surface area (Å²) in [6.45, 7) is 3.61. The topological polar surface area (TPSA) is 84.2 Å². The van der Waals surface area contributed by atoms with E-state index in [9.17, 15) is 14.7 Å². The Labute approximate surface area is 130 Å². The summed E-state index contributed by atoms with van der Waals surface area (Å²) in [6, 6.07) is 0. The summed E-state index contributed by atoms with van der Waals surface area (Å²) in [4.78, 5) is 24.4. The molecule has 0 aromatic carbocycles. The van der Waals surface area contributed by atoms with E-state index < -0.39 is 17.3 Å². The normalized spacial score (nSPS) is 17.8. The third kappa shape index (κ3) is 3.55. The van der Waals surface area contributed by atoms with Gasteiger partial charge in [-0.1, -0.05) is 25.7 Å². The van der Waals surface area contributed by atoms with Crippen LogP contribution < -0.4 is 5.32 Å². The summed E-state index contributed by atoms with van der Waals surface area (Å²) < 4.78 is 1.59. The van der Waals surface area contributed by atoms with Gasteiger partial charge in [0.05, 0.1) is 16.9 Å². The Bertz CT molecular complexity index is 569. The molecule has 0 unspecified atom stereocenters. The molecule has 0 spiro atoms. The number of carbonyl (C=O) groups excluding carboxylic acids is 2. The van der Waals surface area contributed by atoms with Crippen LogP contribution >= 0.6 is 0 Å². The predicted octanol–water partition coefficient (Wildman–Crippen LogP) is 1.42. The predicted molar refractivity (Wildman–Crippen MR) is 82.7 cm³/mol. The highest BCUT2D eigenvalue weighted by molar-refractivity contribution is 6.43. The molecule has 1 aromatic rings. The van der Waals surface area contributed by atoms with Crippen molar-refractivity contribution < 1.29 is 14.7 Å². The van der Waals surface area contributed by atoms with Crippen LogP contribution in [0.2, 0.25) is 0 Å². The highest BCUT2D eigenvalue weighted by Gasteiger charge is 2.30. The van der Waals surface area contributed by atoms with Crippen LogP contribution in [0.15, 0.2) is 0 Å². The zero-order valence-corrected chi connectivity index (χ0v) is 13.6. The number of aryl methyl sites for hydroxylation is 2. The average Bonchev–Trinajstić information content (AvgIpc) is 2.65. The molecule has 2 rings (SSSR count). The van der Waals surface area contributed by atoms with Crippen molar-refractivity contribution in [1.29, 1.82) is 0 Å². The number of rotatable bonds is 4. The van der Waals surface area contributed by atoms with E-state index in [0.717, 1.165) is 25.7 Å². The summed E-state index contributed by atoms with van der Waals surface area (Å²) in [5, 5.41) is 17.3. The number of aromatic nitrogens is 2. The fraction of sp³-hybridized carbons (Fsp3) is 0.688. The molecule has 1 heterocycles. The van der Waals surface area contributed by atoms with Gasteiger partial charge in [0.15, 0.2) is 0 Å². The van der Waals surface area contributed by atoms with E-state index in [-0.39, 0.29) is 6.54 Å². The summed E-state index contributed by atoms with van der Waals surface area (Å²) in [7, 11) is 1.74. The largest absolute Gasteiger partial charge is 0.388 e. The van der Waals surface area contributed by atoms with Gasteiger partial charge >= 0.3 is 0 Å². The molecular weight excluding hydrogens is 282 g/mol. The first-order valence-corrected chi connectivity index (χ1v) is 7.89. The van der Waals surface area contributed by atoms with Crippen molar-refractivity contribution in [1.82, 2.24) is 15.1 Å². The summed E-state index contributed by atoms with van der Waals surface area (Å²) in [5.74, 6) is -1.25. The molecule has 0 atom stereocenters. The lowest BCUT2D eigenvalue weighted by Crippen LogP contribution is -2.44. The van der Waals surface area contributed by atoms with Gasteiger partial charge in [0, 0.05) is 19.3 Å². The van der Waals surface area contributed by atoms with E-state index in [1.807, 2.05) is 0 Å². The number of ketones is 1. The van der Waals surface area contributed by atoms with Gasteiger partial charge in [-0.05, 0) is 26.7 Å². The van der Waals surface area contributed by atoms with Gasteiger partial charge in [0.1, 0.15) is 0 Å². The average molecular weight is 307 g/mol. The van der Waals surface area contributed by atoms with E-state index >= 15 is 0 Å². The number of nitrogens with one attached hydrogen (secondary N) is 1. The molecule has 1 aliphatic rings. The molecule has 0 saturated heterocycles. The molecule has 1 saturated carbocycles. The molecule has 1 fully saturated rings. The first kappa shape index (κ1) is 16.7. The Morgan fingerprint density at radius 1 is 1.23 bits per heavy atom. The molecular formula is C16H25N3O3. The molecule has 1 amide bonds. The van der Waals surface area contributed by atoms with Crippen LogP contribution in [0.25, 0.3) is 0 Å². The molecule has 22 heavy (non-hydrogen) atoms. The maximum Gasteiger partial charge on any atom is 0.292 e. The summed E-state index contributed by atoms with van der Waals surface area (Å²) >= 11 is 0. The monoisotopic (exact) mass is 307 g/mol. The van der Waals surface area contributed by atoms with Gasteiger partial charge < -0.3 is 10.4 Å². The number of aliphatic hydroxyl groups is 1. The van der Waals surface area contributed by atoms with Gasteiger partial charge in [-0.3, -0.25) is 14.3 Å². The Morgan fingerprint density at radius 2 is 1.82 bits per heavy atom. The zero-order chi connectivity index (χ0) is 16.3. The standard InChI is InChI=1S/C16H25N3O3/c1-11-13(12(2)19(3)18-11)14(20)15(21)17-10-16(22)8-6-4-5-7-9-16/h22H,4-10H2,1-3H3,(H,17,21). The minimum Gasteiger partial charge on any atom is -0.388 e.